The first kappa shape index (κ1) is 18.6. The summed E-state index contributed by atoms with van der Waals surface area (Å²) in [4.78, 5) is 3.93. The van der Waals surface area contributed by atoms with Gasteiger partial charge in [0, 0.05) is 26.0 Å². The fraction of sp³-hybridized carbons (Fsp3) is 0.235. The molecule has 0 unspecified atom stereocenters. The summed E-state index contributed by atoms with van der Waals surface area (Å²) in [5.41, 5.74) is 2.50. The highest BCUT2D eigenvalue weighted by Crippen LogP contribution is 2.28. The van der Waals surface area contributed by atoms with E-state index in [9.17, 15) is 17.6 Å². The van der Waals surface area contributed by atoms with Gasteiger partial charge in [0.1, 0.15) is 17.1 Å². The van der Waals surface area contributed by atoms with Gasteiger partial charge >= 0.3 is 12.5 Å². The lowest BCUT2D eigenvalue weighted by Crippen LogP contribution is -2.33. The molecule has 1 N–H and O–H groups in total. The molecule has 3 rings (SSSR count). The van der Waals surface area contributed by atoms with Crippen molar-refractivity contribution in [2.24, 2.45) is 4.99 Å². The van der Waals surface area contributed by atoms with Crippen molar-refractivity contribution in [3.05, 3.63) is 53.9 Å². The number of hydrogen-bond donors (Lipinski definition) is 1. The number of nitrogens with one attached hydrogen (secondary N) is 1. The van der Waals surface area contributed by atoms with E-state index in [2.05, 4.69) is 25.1 Å². The van der Waals surface area contributed by atoms with E-state index in [0.29, 0.717) is 17.0 Å². The molecule has 3 aromatic rings. The molecule has 2 heterocycles. The zero-order chi connectivity index (χ0) is 19.4. The summed E-state index contributed by atoms with van der Waals surface area (Å²) in [5, 5.41) is 10.5. The first-order chi connectivity index (χ1) is 12.9. The quantitative estimate of drug-likeness (QED) is 0.502. The number of hydrogen-bond acceptors (Lipinski definition) is 4. The van der Waals surface area contributed by atoms with Crippen LogP contribution in [0.2, 0.25) is 0 Å². The van der Waals surface area contributed by atoms with Gasteiger partial charge in [-0.1, -0.05) is 17.3 Å². The number of ether oxygens (including phenoxy) is 1. The van der Waals surface area contributed by atoms with Crippen LogP contribution in [0.25, 0.3) is 11.4 Å². The van der Waals surface area contributed by atoms with Crippen LogP contribution in [-0.4, -0.2) is 45.8 Å². The third-order valence-electron chi connectivity index (χ3n) is 3.67. The van der Waals surface area contributed by atoms with Gasteiger partial charge in [0.05, 0.1) is 5.69 Å². The van der Waals surface area contributed by atoms with Crippen LogP contribution in [0, 0.1) is 0 Å². The van der Waals surface area contributed by atoms with Crippen LogP contribution in [0.3, 0.4) is 0 Å². The fourth-order valence-electron chi connectivity index (χ4n) is 2.52. The number of aliphatic imine (C=N–C) groups is 1. The molecule has 0 aliphatic rings. The molecule has 0 spiro atoms. The molecule has 0 bridgehead atoms. The summed E-state index contributed by atoms with van der Waals surface area (Å²) in [5.74, 6) is -0.341. The number of aromatic amines is 1. The SMILES string of the molecule is C/N=C/c1[nH]nnc1-c1cccn1Cc1cccc(OC(F)(F)C(F)F)c1. The second-order valence-corrected chi connectivity index (χ2v) is 5.59. The number of alkyl halides is 4. The van der Waals surface area contributed by atoms with Crippen molar-refractivity contribution in [1.82, 2.24) is 20.0 Å². The van der Waals surface area contributed by atoms with E-state index in [1.807, 2.05) is 10.6 Å². The topological polar surface area (TPSA) is 68.1 Å². The van der Waals surface area contributed by atoms with Gasteiger partial charge in [0.2, 0.25) is 0 Å². The molecule has 10 heteroatoms. The van der Waals surface area contributed by atoms with Crippen molar-refractivity contribution in [2.75, 3.05) is 7.05 Å². The molecule has 2 aromatic heterocycles. The number of H-pyrrole nitrogens is 1. The van der Waals surface area contributed by atoms with Gasteiger partial charge < -0.3 is 9.30 Å². The van der Waals surface area contributed by atoms with Crippen molar-refractivity contribution in [3.63, 3.8) is 0 Å². The summed E-state index contributed by atoms with van der Waals surface area (Å²) >= 11 is 0. The standard InChI is InChI=1S/C17H15F4N5O/c1-22-9-13-15(24-25-23-13)14-6-3-7-26(14)10-11-4-2-5-12(8-11)27-17(20,21)16(18)19/h2-9,16H,10H2,1H3,(H,23,24,25)/b22-9+. The van der Waals surface area contributed by atoms with Crippen LogP contribution in [-0.2, 0) is 6.54 Å². The third kappa shape index (κ3) is 4.15. The van der Waals surface area contributed by atoms with Crippen LogP contribution >= 0.6 is 0 Å². The molecule has 0 aliphatic heterocycles. The molecule has 0 fully saturated rings. The molecular formula is C17H15F4N5O. The maximum Gasteiger partial charge on any atom is 0.461 e. The lowest BCUT2D eigenvalue weighted by molar-refractivity contribution is -0.253. The Morgan fingerprint density at radius 2 is 2.11 bits per heavy atom. The van der Waals surface area contributed by atoms with Crippen LogP contribution in [0.15, 0.2) is 47.6 Å². The van der Waals surface area contributed by atoms with Crippen molar-refractivity contribution < 1.29 is 22.3 Å². The Labute approximate surface area is 151 Å². The van der Waals surface area contributed by atoms with Crippen LogP contribution < -0.4 is 4.74 Å². The minimum absolute atomic E-state index is 0.287. The Hall–Kier alpha value is -3.17. The molecule has 0 aliphatic carbocycles. The Kier molecular flexibility index (Phi) is 5.24. The molecule has 1 aromatic carbocycles. The molecule has 0 saturated heterocycles. The molecule has 0 saturated carbocycles. The molecule has 0 amide bonds. The summed E-state index contributed by atoms with van der Waals surface area (Å²) in [6, 6.07) is 9.23. The second-order valence-electron chi connectivity index (χ2n) is 5.59. The monoisotopic (exact) mass is 381 g/mol. The molecule has 27 heavy (non-hydrogen) atoms. The maximum absolute atomic E-state index is 13.1. The zero-order valence-corrected chi connectivity index (χ0v) is 14.1. The van der Waals surface area contributed by atoms with E-state index in [1.165, 1.54) is 18.2 Å². The summed E-state index contributed by atoms with van der Waals surface area (Å²) in [7, 11) is 1.62. The van der Waals surface area contributed by atoms with E-state index in [4.69, 9.17) is 0 Å². The Bertz CT molecular complexity index is 935. The normalized spacial score (nSPS) is 12.2. The maximum atomic E-state index is 13.1. The Balaban J connectivity index is 1.84. The van der Waals surface area contributed by atoms with Crippen molar-refractivity contribution in [3.8, 4) is 17.1 Å². The van der Waals surface area contributed by atoms with Gasteiger partial charge in [0.15, 0.2) is 0 Å². The van der Waals surface area contributed by atoms with Gasteiger partial charge in [-0.05, 0) is 29.8 Å². The predicted octanol–water partition coefficient (Wildman–Crippen LogP) is 3.61. The lowest BCUT2D eigenvalue weighted by Gasteiger charge is -2.17. The van der Waals surface area contributed by atoms with Gasteiger partial charge in [-0.2, -0.15) is 17.6 Å². The molecule has 142 valence electrons. The van der Waals surface area contributed by atoms with Gasteiger partial charge in [-0.15, -0.1) is 5.10 Å². The fourth-order valence-corrected chi connectivity index (χ4v) is 2.52. The third-order valence-corrected chi connectivity index (χ3v) is 3.67. The minimum Gasteiger partial charge on any atom is -0.428 e. The summed E-state index contributed by atoms with van der Waals surface area (Å²) in [6.07, 6.45) is -5.11. The average Bonchev–Trinajstić information content (AvgIpc) is 3.24. The van der Waals surface area contributed by atoms with Crippen LogP contribution in [0.4, 0.5) is 17.6 Å². The van der Waals surface area contributed by atoms with Crippen LogP contribution in [0.1, 0.15) is 11.3 Å². The smallest absolute Gasteiger partial charge is 0.428 e. The number of halogens is 4. The number of benzene rings is 1. The molecular weight excluding hydrogens is 366 g/mol. The first-order valence-electron chi connectivity index (χ1n) is 7.83. The lowest BCUT2D eigenvalue weighted by atomic mass is 10.2. The van der Waals surface area contributed by atoms with E-state index in [-0.39, 0.29) is 12.3 Å². The Morgan fingerprint density at radius 1 is 1.30 bits per heavy atom. The number of nitrogens with zero attached hydrogens (tertiary/aromatic N) is 4. The highest BCUT2D eigenvalue weighted by Gasteiger charge is 2.43. The summed E-state index contributed by atoms with van der Waals surface area (Å²) in [6.45, 7) is 0.287. The van der Waals surface area contributed by atoms with Crippen molar-refractivity contribution >= 4 is 6.21 Å². The van der Waals surface area contributed by atoms with Crippen molar-refractivity contribution in [1.29, 1.82) is 0 Å². The minimum atomic E-state index is -4.55. The van der Waals surface area contributed by atoms with E-state index < -0.39 is 12.5 Å². The van der Waals surface area contributed by atoms with Gasteiger partial charge in [-0.25, -0.2) is 0 Å². The molecule has 6 nitrogen and oxygen atoms in total. The van der Waals surface area contributed by atoms with E-state index >= 15 is 0 Å². The number of rotatable bonds is 7. The van der Waals surface area contributed by atoms with Crippen LogP contribution in [0.5, 0.6) is 5.75 Å². The average molecular weight is 381 g/mol. The van der Waals surface area contributed by atoms with Gasteiger partial charge in [0.25, 0.3) is 0 Å². The first-order valence-corrected chi connectivity index (χ1v) is 7.83. The summed E-state index contributed by atoms with van der Waals surface area (Å²) < 4.78 is 56.8. The highest BCUT2D eigenvalue weighted by atomic mass is 19.3. The predicted molar refractivity (Wildman–Crippen MR) is 90.4 cm³/mol. The van der Waals surface area contributed by atoms with Crippen molar-refractivity contribution in [2.45, 2.75) is 19.1 Å². The Morgan fingerprint density at radius 3 is 2.85 bits per heavy atom. The van der Waals surface area contributed by atoms with Gasteiger partial charge in [-0.3, -0.25) is 10.1 Å². The largest absolute Gasteiger partial charge is 0.461 e. The second kappa shape index (κ2) is 7.60. The molecule has 0 radical (unpaired) electrons. The van der Waals surface area contributed by atoms with E-state index in [0.717, 1.165) is 5.69 Å². The number of aromatic nitrogens is 4. The molecule has 0 atom stereocenters. The zero-order valence-electron chi connectivity index (χ0n) is 14.1. The van der Waals surface area contributed by atoms with E-state index in [1.54, 1.807) is 31.6 Å². The highest BCUT2D eigenvalue weighted by molar-refractivity contribution is 5.85.